The lowest BCUT2D eigenvalue weighted by molar-refractivity contribution is -0.386. The lowest BCUT2D eigenvalue weighted by Gasteiger charge is -2.11. The molecule has 4 rings (SSSR count). The van der Waals surface area contributed by atoms with Gasteiger partial charge in [-0.1, -0.05) is 18.2 Å². The molecule has 0 saturated heterocycles. The van der Waals surface area contributed by atoms with E-state index in [0.717, 1.165) is 18.2 Å². The average Bonchev–Trinajstić information content (AvgIpc) is 3.02. The van der Waals surface area contributed by atoms with Gasteiger partial charge >= 0.3 is 5.97 Å². The van der Waals surface area contributed by atoms with Crippen LogP contribution in [-0.2, 0) is 34.0 Å². The monoisotopic (exact) mass is 638 g/mol. The molecule has 0 aromatic heterocycles. The lowest BCUT2D eigenvalue weighted by Crippen LogP contribution is -2.18. The van der Waals surface area contributed by atoms with Crippen LogP contribution in [0.2, 0.25) is 0 Å². The molecule has 4 aromatic carbocycles. The molecular weight excluding hydrogens is 616 g/mol. The number of aromatic carboxylic acids is 1. The van der Waals surface area contributed by atoms with Crippen molar-refractivity contribution in [2.24, 2.45) is 0 Å². The molecule has 16 nitrogen and oxygen atoms in total. The summed E-state index contributed by atoms with van der Waals surface area (Å²) >= 11 is -1.99. The fourth-order valence-corrected chi connectivity index (χ4v) is 4.76. The van der Waals surface area contributed by atoms with Gasteiger partial charge in [0.2, 0.25) is 11.1 Å². The highest BCUT2D eigenvalue weighted by Gasteiger charge is 2.27. The number of amides is 1. The molecule has 0 spiro atoms. The summed E-state index contributed by atoms with van der Waals surface area (Å²) < 4.78 is 18.2. The van der Waals surface area contributed by atoms with Gasteiger partial charge in [-0.3, -0.25) is 40.6 Å². The van der Waals surface area contributed by atoms with Crippen LogP contribution in [0.25, 0.3) is 0 Å². The van der Waals surface area contributed by atoms with Gasteiger partial charge in [0.1, 0.15) is 24.5 Å². The first-order chi connectivity index (χ1) is 21.6. The zero-order chi connectivity index (χ0) is 32.5. The minimum Gasteiger partial charge on any atom is -0.478 e. The smallest absolute Gasteiger partial charge is 0.336 e. The van der Waals surface area contributed by atoms with Gasteiger partial charge in [0.25, 0.3) is 17.3 Å². The number of carboxylic acid groups (broad SMARTS) is 1. The van der Waals surface area contributed by atoms with Crippen molar-refractivity contribution < 1.29 is 47.9 Å². The van der Waals surface area contributed by atoms with Crippen molar-refractivity contribution in [3.63, 3.8) is 0 Å². The maximum absolute atomic E-state index is 12.8. The molecule has 0 aliphatic carbocycles. The van der Waals surface area contributed by atoms with Crippen molar-refractivity contribution in [3.8, 4) is 5.75 Å². The number of hydrogen-bond acceptors (Lipinski definition) is 12. The van der Waals surface area contributed by atoms with Crippen molar-refractivity contribution in [1.29, 1.82) is 0 Å². The van der Waals surface area contributed by atoms with Gasteiger partial charge in [-0.15, -0.1) is 0 Å². The Morgan fingerprint density at radius 1 is 0.822 bits per heavy atom. The Morgan fingerprint density at radius 3 is 2.07 bits per heavy atom. The van der Waals surface area contributed by atoms with E-state index in [9.17, 15) is 39.1 Å². The van der Waals surface area contributed by atoms with Crippen molar-refractivity contribution in [1.82, 2.24) is 0 Å². The molecule has 0 aliphatic heterocycles. The second-order valence-electron chi connectivity index (χ2n) is 8.92. The molecule has 0 bridgehead atoms. The van der Waals surface area contributed by atoms with Gasteiger partial charge in [0.05, 0.1) is 31.6 Å². The minimum atomic E-state index is -1.99. The van der Waals surface area contributed by atoms with Crippen LogP contribution in [0.4, 0.5) is 22.7 Å². The van der Waals surface area contributed by atoms with Crippen LogP contribution in [-0.4, -0.2) is 36.3 Å². The van der Waals surface area contributed by atoms with Gasteiger partial charge in [0, 0.05) is 17.8 Å². The molecule has 0 fully saturated rings. The molecule has 1 atom stereocenters. The largest absolute Gasteiger partial charge is 0.478 e. The maximum Gasteiger partial charge on any atom is 0.336 e. The highest BCUT2D eigenvalue weighted by molar-refractivity contribution is 7.80. The maximum atomic E-state index is 12.8. The average molecular weight is 639 g/mol. The summed E-state index contributed by atoms with van der Waals surface area (Å²) in [7, 11) is 0. The normalized spacial score (nSPS) is 11.3. The first kappa shape index (κ1) is 32.2. The highest BCUT2D eigenvalue weighted by Crippen LogP contribution is 2.26. The Labute approximate surface area is 255 Å². The summed E-state index contributed by atoms with van der Waals surface area (Å²) in [5.41, 5.74) is 1.76. The molecule has 0 heterocycles. The number of nitrogens with one attached hydrogen (secondary N) is 2. The summed E-state index contributed by atoms with van der Waals surface area (Å²) in [6, 6.07) is 19.1. The summed E-state index contributed by atoms with van der Waals surface area (Å²) in [6.45, 7) is -0.495. The number of nitrogens with zero attached hydrogens (tertiary/aromatic N) is 2. The predicted molar refractivity (Wildman–Crippen MR) is 157 cm³/mol. The Kier molecular flexibility index (Phi) is 10.5. The second-order valence-corrected chi connectivity index (χ2v) is 10.0. The zero-order valence-electron chi connectivity index (χ0n) is 22.8. The number of hydrogen-bond donors (Lipinski definition) is 4. The summed E-state index contributed by atoms with van der Waals surface area (Å²) in [6.07, 6.45) is 0. The van der Waals surface area contributed by atoms with Crippen LogP contribution < -0.4 is 15.0 Å². The molecule has 1 unspecified atom stereocenters. The number of anilines is 2. The molecule has 4 N–H and O–H groups in total. The third-order valence-corrected chi connectivity index (χ3v) is 7.10. The van der Waals surface area contributed by atoms with Gasteiger partial charge in [-0.25, -0.2) is 13.9 Å². The van der Waals surface area contributed by atoms with Gasteiger partial charge in [0.15, 0.2) is 0 Å². The number of benzene rings is 4. The minimum absolute atomic E-state index is 0.155. The van der Waals surface area contributed by atoms with Gasteiger partial charge in [-0.05, 0) is 60.2 Å². The van der Waals surface area contributed by atoms with E-state index in [1.807, 2.05) is 0 Å². The molecule has 0 saturated carbocycles. The third kappa shape index (κ3) is 8.00. The number of carbonyl (C=O) groups is 2. The van der Waals surface area contributed by atoms with E-state index in [4.69, 9.17) is 14.3 Å². The summed E-state index contributed by atoms with van der Waals surface area (Å²) in [5.74, 6) is -2.30. The third-order valence-electron chi connectivity index (χ3n) is 6.10. The van der Waals surface area contributed by atoms with Crippen molar-refractivity contribution in [3.05, 3.63) is 127 Å². The van der Waals surface area contributed by atoms with E-state index in [1.54, 1.807) is 6.07 Å². The summed E-state index contributed by atoms with van der Waals surface area (Å²) in [5, 5.41) is 43.2. The molecule has 4 aromatic rings. The Bertz CT molecular complexity index is 1730. The number of nitro benzene ring substituents is 2. The SMILES string of the molecule is O=C(O)c1cccc([N+](=O)[O-])c1C(=O)Nc1ccc(S(=O)Oc2ccc(NOCc3c(COO)cccc3[N+](=O)[O-])cc2)cc1. The number of carboxylic acids is 1. The molecule has 0 aliphatic rings. The Hall–Kier alpha value is -5.75. The van der Waals surface area contributed by atoms with E-state index in [2.05, 4.69) is 15.7 Å². The topological polar surface area (TPSA) is 230 Å². The van der Waals surface area contributed by atoms with E-state index in [-0.39, 0.29) is 40.8 Å². The molecule has 45 heavy (non-hydrogen) atoms. The number of rotatable bonds is 14. The molecule has 0 radical (unpaired) electrons. The first-order valence-electron chi connectivity index (χ1n) is 12.6. The molecule has 1 amide bonds. The van der Waals surface area contributed by atoms with Gasteiger partial charge in [-0.2, -0.15) is 0 Å². The Balaban J connectivity index is 1.35. The van der Waals surface area contributed by atoms with E-state index in [0.29, 0.717) is 11.3 Å². The second kappa shape index (κ2) is 14.6. The molecular formula is C28H22N4O12S. The predicted octanol–water partition coefficient (Wildman–Crippen LogP) is 5.09. The summed E-state index contributed by atoms with van der Waals surface area (Å²) in [4.78, 5) is 55.2. The number of nitro groups is 2. The fourth-order valence-electron chi connectivity index (χ4n) is 4.02. The van der Waals surface area contributed by atoms with Crippen LogP contribution in [0.15, 0.2) is 89.8 Å². The highest BCUT2D eigenvalue weighted by atomic mass is 32.2. The molecule has 17 heteroatoms. The van der Waals surface area contributed by atoms with Crippen LogP contribution in [0.5, 0.6) is 5.75 Å². The van der Waals surface area contributed by atoms with Crippen LogP contribution in [0, 0.1) is 20.2 Å². The van der Waals surface area contributed by atoms with E-state index in [1.165, 1.54) is 60.7 Å². The Morgan fingerprint density at radius 2 is 1.44 bits per heavy atom. The molecule has 232 valence electrons. The first-order valence-corrected chi connectivity index (χ1v) is 13.7. The quantitative estimate of drug-likeness (QED) is 0.0802. The van der Waals surface area contributed by atoms with Crippen LogP contribution in [0.3, 0.4) is 0 Å². The lowest BCUT2D eigenvalue weighted by atomic mass is 10.0. The van der Waals surface area contributed by atoms with E-state index >= 15 is 0 Å². The number of carbonyl (C=O) groups excluding carboxylic acids is 1. The standard InChI is InChI=1S/C28H22N4O12S/c33-27(26-22(28(34)35)4-2-6-25(26)32(38)39)29-18-9-13-21(14-10-18)45(41)44-20-11-7-19(8-12-20)30-42-16-23-17(15-43-40)3-1-5-24(23)31(36)37/h1-14,30,40H,15-16H2,(H,29,33)(H,34,35). The van der Waals surface area contributed by atoms with Gasteiger partial charge < -0.3 is 14.6 Å². The van der Waals surface area contributed by atoms with E-state index < -0.39 is 49.6 Å². The zero-order valence-corrected chi connectivity index (χ0v) is 23.6. The van der Waals surface area contributed by atoms with Crippen LogP contribution in [0.1, 0.15) is 31.8 Å². The fraction of sp³-hybridized carbons (Fsp3) is 0.0714. The van der Waals surface area contributed by atoms with Crippen molar-refractivity contribution >= 4 is 45.7 Å². The van der Waals surface area contributed by atoms with Crippen molar-refractivity contribution in [2.75, 3.05) is 10.8 Å². The van der Waals surface area contributed by atoms with Crippen molar-refractivity contribution in [2.45, 2.75) is 18.1 Å². The van der Waals surface area contributed by atoms with Crippen LogP contribution >= 0.6 is 0 Å².